The maximum Gasteiger partial charge on any atom is 0.253 e. The van der Waals surface area contributed by atoms with Crippen LogP contribution in [0.1, 0.15) is 50.9 Å². The molecule has 5 nitrogen and oxygen atoms in total. The molecular formula is C27H39N3O2. The van der Waals surface area contributed by atoms with E-state index in [1.807, 2.05) is 49.1 Å². The zero-order chi connectivity index (χ0) is 22.9. The second-order valence-corrected chi connectivity index (χ2v) is 10.7. The highest BCUT2D eigenvalue weighted by molar-refractivity contribution is 5.94. The third-order valence-electron chi connectivity index (χ3n) is 8.13. The van der Waals surface area contributed by atoms with Gasteiger partial charge in [-0.3, -0.25) is 14.5 Å². The number of amides is 2. The van der Waals surface area contributed by atoms with Gasteiger partial charge in [0.25, 0.3) is 5.91 Å². The van der Waals surface area contributed by atoms with Crippen molar-refractivity contribution in [2.75, 3.05) is 45.8 Å². The molecule has 0 radical (unpaired) electrons. The summed E-state index contributed by atoms with van der Waals surface area (Å²) >= 11 is 0. The van der Waals surface area contributed by atoms with Crippen LogP contribution in [0.4, 0.5) is 0 Å². The highest BCUT2D eigenvalue weighted by Gasteiger charge is 2.51. The molecule has 1 aliphatic heterocycles. The van der Waals surface area contributed by atoms with Gasteiger partial charge >= 0.3 is 0 Å². The third kappa shape index (κ3) is 4.63. The Bertz CT molecular complexity index is 853. The fraction of sp³-hybridized carbons (Fsp3) is 0.630. The van der Waals surface area contributed by atoms with Crippen molar-refractivity contribution in [1.82, 2.24) is 14.7 Å². The second-order valence-electron chi connectivity index (χ2n) is 10.7. The first kappa shape index (κ1) is 23.0. The SMILES string of the molecule is CC(C)C(=O)N(CCN1CCN(C(=O)c2ccccc2)CC1)CC1=CCC2CC1C2(C)C. The van der Waals surface area contributed by atoms with E-state index in [0.717, 1.165) is 57.3 Å². The summed E-state index contributed by atoms with van der Waals surface area (Å²) in [5.74, 6) is 1.84. The topological polar surface area (TPSA) is 43.9 Å². The van der Waals surface area contributed by atoms with Gasteiger partial charge in [0.1, 0.15) is 0 Å². The molecule has 32 heavy (non-hydrogen) atoms. The molecule has 0 N–H and O–H groups in total. The van der Waals surface area contributed by atoms with Crippen LogP contribution >= 0.6 is 0 Å². The summed E-state index contributed by atoms with van der Waals surface area (Å²) < 4.78 is 0. The molecule has 0 aromatic heterocycles. The first-order valence-corrected chi connectivity index (χ1v) is 12.3. The first-order valence-electron chi connectivity index (χ1n) is 12.3. The van der Waals surface area contributed by atoms with Crippen LogP contribution in [-0.4, -0.2) is 72.3 Å². The quantitative estimate of drug-likeness (QED) is 0.607. The van der Waals surface area contributed by atoms with Crippen LogP contribution in [0, 0.1) is 23.2 Å². The number of hydrogen-bond donors (Lipinski definition) is 0. The van der Waals surface area contributed by atoms with E-state index >= 15 is 0 Å². The van der Waals surface area contributed by atoms with Crippen molar-refractivity contribution in [3.05, 3.63) is 47.5 Å². The fourth-order valence-electron chi connectivity index (χ4n) is 5.71. The molecule has 1 aromatic carbocycles. The summed E-state index contributed by atoms with van der Waals surface area (Å²) in [6, 6.07) is 9.53. The summed E-state index contributed by atoms with van der Waals surface area (Å²) in [4.78, 5) is 32.1. The molecule has 4 aliphatic rings. The minimum atomic E-state index is 0.0154. The molecule has 5 heteroatoms. The fourth-order valence-corrected chi connectivity index (χ4v) is 5.71. The van der Waals surface area contributed by atoms with Gasteiger partial charge in [0, 0.05) is 57.3 Å². The lowest BCUT2D eigenvalue weighted by Crippen LogP contribution is -2.52. The van der Waals surface area contributed by atoms with E-state index in [2.05, 4.69) is 29.7 Å². The van der Waals surface area contributed by atoms with Crippen LogP contribution in [0.25, 0.3) is 0 Å². The van der Waals surface area contributed by atoms with Gasteiger partial charge in [-0.25, -0.2) is 0 Å². The first-order chi connectivity index (χ1) is 15.3. The van der Waals surface area contributed by atoms with Crippen molar-refractivity contribution in [1.29, 1.82) is 0 Å². The normalized spacial score (nSPS) is 24.7. The number of fused-ring (bicyclic) bond motifs is 1. The Labute approximate surface area is 193 Å². The van der Waals surface area contributed by atoms with Crippen molar-refractivity contribution < 1.29 is 9.59 Å². The summed E-state index contributed by atoms with van der Waals surface area (Å²) in [6.07, 6.45) is 4.87. The molecule has 5 rings (SSSR count). The van der Waals surface area contributed by atoms with Crippen LogP contribution in [0.15, 0.2) is 42.0 Å². The molecule has 2 bridgehead atoms. The van der Waals surface area contributed by atoms with Crippen molar-refractivity contribution >= 4 is 11.8 Å². The number of benzene rings is 1. The number of piperazine rings is 1. The monoisotopic (exact) mass is 437 g/mol. The second kappa shape index (κ2) is 9.38. The molecular weight excluding hydrogens is 398 g/mol. The Morgan fingerprint density at radius 2 is 1.78 bits per heavy atom. The van der Waals surface area contributed by atoms with Gasteiger partial charge in [0.2, 0.25) is 5.91 Å². The molecule has 3 aliphatic carbocycles. The summed E-state index contributed by atoms with van der Waals surface area (Å²) in [5.41, 5.74) is 2.62. The van der Waals surface area contributed by atoms with Gasteiger partial charge in [-0.05, 0) is 42.2 Å². The van der Waals surface area contributed by atoms with E-state index in [4.69, 9.17) is 0 Å². The van der Waals surface area contributed by atoms with Crippen LogP contribution in [0.2, 0.25) is 0 Å². The van der Waals surface area contributed by atoms with Crippen LogP contribution in [-0.2, 0) is 4.79 Å². The Balaban J connectivity index is 1.31. The number of hydrogen-bond acceptors (Lipinski definition) is 3. The Morgan fingerprint density at radius 1 is 1.09 bits per heavy atom. The summed E-state index contributed by atoms with van der Waals surface area (Å²) in [7, 11) is 0. The molecule has 1 heterocycles. The largest absolute Gasteiger partial charge is 0.337 e. The molecule has 2 amide bonds. The predicted octanol–water partition coefficient (Wildman–Crippen LogP) is 3.92. The van der Waals surface area contributed by atoms with Gasteiger partial charge < -0.3 is 9.80 Å². The average Bonchev–Trinajstić information content (AvgIpc) is 2.81. The molecule has 2 fully saturated rings. The van der Waals surface area contributed by atoms with E-state index in [-0.39, 0.29) is 17.7 Å². The minimum Gasteiger partial charge on any atom is -0.337 e. The number of allylic oxidation sites excluding steroid dienone is 1. The number of carbonyl (C=O) groups is 2. The molecule has 1 saturated heterocycles. The van der Waals surface area contributed by atoms with Crippen LogP contribution in [0.5, 0.6) is 0 Å². The standard InChI is InChI=1S/C27H39N3O2/c1-20(2)25(31)30(19-22-10-11-23-18-24(22)27(23,3)4)17-14-28-12-15-29(16-13-28)26(32)21-8-6-5-7-9-21/h5-10,20,23-24H,11-19H2,1-4H3. The maximum absolute atomic E-state index is 13.0. The minimum absolute atomic E-state index is 0.0154. The summed E-state index contributed by atoms with van der Waals surface area (Å²) in [6.45, 7) is 14.4. The van der Waals surface area contributed by atoms with E-state index in [1.165, 1.54) is 18.4 Å². The van der Waals surface area contributed by atoms with E-state index in [9.17, 15) is 9.59 Å². The Kier molecular flexibility index (Phi) is 6.75. The highest BCUT2D eigenvalue weighted by Crippen LogP contribution is 2.59. The molecule has 1 saturated carbocycles. The average molecular weight is 438 g/mol. The Hall–Kier alpha value is -2.14. The smallest absolute Gasteiger partial charge is 0.253 e. The van der Waals surface area contributed by atoms with Gasteiger partial charge in [0.05, 0.1) is 0 Å². The van der Waals surface area contributed by atoms with Crippen LogP contribution in [0.3, 0.4) is 0 Å². The lowest BCUT2D eigenvalue weighted by molar-refractivity contribution is -0.134. The van der Waals surface area contributed by atoms with Crippen molar-refractivity contribution in [3.8, 4) is 0 Å². The van der Waals surface area contributed by atoms with Crippen molar-refractivity contribution in [2.45, 2.75) is 40.5 Å². The summed E-state index contributed by atoms with van der Waals surface area (Å²) in [5, 5.41) is 0. The lowest BCUT2D eigenvalue weighted by Gasteiger charge is -2.57. The van der Waals surface area contributed by atoms with Gasteiger partial charge in [-0.15, -0.1) is 0 Å². The van der Waals surface area contributed by atoms with Crippen LogP contribution < -0.4 is 0 Å². The zero-order valence-electron chi connectivity index (χ0n) is 20.2. The Morgan fingerprint density at radius 3 is 2.38 bits per heavy atom. The van der Waals surface area contributed by atoms with Crippen molar-refractivity contribution in [2.24, 2.45) is 23.2 Å². The van der Waals surface area contributed by atoms with Gasteiger partial charge in [0.15, 0.2) is 0 Å². The van der Waals surface area contributed by atoms with Crippen molar-refractivity contribution in [3.63, 3.8) is 0 Å². The maximum atomic E-state index is 13.0. The van der Waals surface area contributed by atoms with Gasteiger partial charge in [-0.1, -0.05) is 57.5 Å². The lowest BCUT2D eigenvalue weighted by atomic mass is 9.49. The predicted molar refractivity (Wildman–Crippen MR) is 128 cm³/mol. The number of nitrogens with zero attached hydrogens (tertiary/aromatic N) is 3. The molecule has 2 atom stereocenters. The molecule has 174 valence electrons. The third-order valence-corrected chi connectivity index (χ3v) is 8.13. The molecule has 0 spiro atoms. The van der Waals surface area contributed by atoms with Gasteiger partial charge in [-0.2, -0.15) is 0 Å². The van der Waals surface area contributed by atoms with E-state index < -0.39 is 0 Å². The highest BCUT2D eigenvalue weighted by atomic mass is 16.2. The number of carbonyl (C=O) groups excluding carboxylic acids is 2. The zero-order valence-corrected chi connectivity index (χ0v) is 20.2. The molecule has 1 aromatic rings. The molecule has 2 unspecified atom stereocenters. The number of rotatable bonds is 7. The van der Waals surface area contributed by atoms with E-state index in [1.54, 1.807) is 0 Å². The van der Waals surface area contributed by atoms with E-state index in [0.29, 0.717) is 11.3 Å².